The lowest BCUT2D eigenvalue weighted by molar-refractivity contribution is 1.18. The molecule has 0 spiro atoms. The maximum Gasteiger partial charge on any atom is 0.160 e. The van der Waals surface area contributed by atoms with Crippen LogP contribution >= 0.6 is 0 Å². The molecule has 356 valence electrons. The van der Waals surface area contributed by atoms with Gasteiger partial charge in [0.2, 0.25) is 0 Å². The Kier molecular flexibility index (Phi) is 12.3. The van der Waals surface area contributed by atoms with Crippen LogP contribution < -0.4 is 0 Å². The lowest BCUT2D eigenvalue weighted by Gasteiger charge is -2.14. The van der Waals surface area contributed by atoms with Crippen molar-refractivity contribution in [3.8, 4) is 123 Å². The van der Waals surface area contributed by atoms with E-state index >= 15 is 0 Å². The van der Waals surface area contributed by atoms with E-state index in [2.05, 4.69) is 291 Å². The first-order valence-electron chi connectivity index (χ1n) is 25.8. The molecule has 0 fully saturated rings. The number of nitrogens with zero attached hydrogens (tertiary/aromatic N) is 3. The molecule has 0 bridgehead atoms. The van der Waals surface area contributed by atoms with E-state index in [9.17, 15) is 0 Å². The minimum Gasteiger partial charge on any atom is -0.256 e. The molecule has 2 heterocycles. The smallest absolute Gasteiger partial charge is 0.160 e. The summed E-state index contributed by atoms with van der Waals surface area (Å²) >= 11 is 0. The fourth-order valence-electron chi connectivity index (χ4n) is 10.4. The van der Waals surface area contributed by atoms with Crippen LogP contribution in [0.4, 0.5) is 0 Å². The van der Waals surface area contributed by atoms with Crippen molar-refractivity contribution in [2.24, 2.45) is 0 Å². The summed E-state index contributed by atoms with van der Waals surface area (Å²) in [6.07, 6.45) is 1.89. The van der Waals surface area contributed by atoms with Gasteiger partial charge in [-0.2, -0.15) is 0 Å². The third-order valence-electron chi connectivity index (χ3n) is 14.3. The molecule has 0 aliphatic carbocycles. The maximum absolute atomic E-state index is 5.40. The number of pyridine rings is 1. The van der Waals surface area contributed by atoms with E-state index in [1.165, 1.54) is 49.9 Å². The standard InChI is InChI=1S/C73H49N3/c1-5-18-50(19-6-1)63-43-64(51-20-7-2-8-21-51)46-67(45-63)58-28-15-30-60(40-58)70-49-71(61-31-16-29-59(41-61)68-47-65(52-22-9-3-10-23-52)44-66(48-68)53-24-11-4-12-25-53)76-73(75-70)56-36-34-54(35-37-56)57-27-17-32-62(42-57)72-69-33-14-13-26-55(69)38-39-74-72/h1-49H. The topological polar surface area (TPSA) is 38.7 Å². The van der Waals surface area contributed by atoms with E-state index in [-0.39, 0.29) is 0 Å². The van der Waals surface area contributed by atoms with Crippen molar-refractivity contribution in [2.75, 3.05) is 0 Å². The number of rotatable bonds is 11. The molecule has 2 aromatic heterocycles. The molecule has 0 amide bonds. The summed E-state index contributed by atoms with van der Waals surface area (Å²) in [6, 6.07) is 104. The van der Waals surface area contributed by atoms with Crippen molar-refractivity contribution in [3.63, 3.8) is 0 Å². The Hall–Kier alpha value is -10.1. The predicted octanol–water partition coefficient (Wildman–Crippen LogP) is 19.4. The Morgan fingerprint density at radius 3 is 0.974 bits per heavy atom. The molecule has 0 unspecified atom stereocenters. The molecule has 13 rings (SSSR count). The summed E-state index contributed by atoms with van der Waals surface area (Å²) in [7, 11) is 0. The summed E-state index contributed by atoms with van der Waals surface area (Å²) in [5.41, 5.74) is 22.7. The molecule has 0 aliphatic heterocycles. The minimum atomic E-state index is 0.651. The Balaban J connectivity index is 0.924. The number of hydrogen-bond acceptors (Lipinski definition) is 3. The number of benzene rings is 11. The van der Waals surface area contributed by atoms with Crippen LogP contribution in [0.5, 0.6) is 0 Å². The zero-order valence-corrected chi connectivity index (χ0v) is 41.6. The molecule has 11 aromatic carbocycles. The average molecular weight is 968 g/mol. The zero-order valence-electron chi connectivity index (χ0n) is 41.6. The first kappa shape index (κ1) is 45.7. The quantitative estimate of drug-likeness (QED) is 0.130. The number of aromatic nitrogens is 3. The molecule has 13 aromatic rings. The van der Waals surface area contributed by atoms with Gasteiger partial charge in [-0.1, -0.05) is 224 Å². The van der Waals surface area contributed by atoms with E-state index in [1.807, 2.05) is 6.20 Å². The molecule has 0 radical (unpaired) electrons. The summed E-state index contributed by atoms with van der Waals surface area (Å²) in [5.74, 6) is 0.651. The van der Waals surface area contributed by atoms with Crippen molar-refractivity contribution in [2.45, 2.75) is 0 Å². The Labute approximate surface area is 443 Å². The summed E-state index contributed by atoms with van der Waals surface area (Å²) < 4.78 is 0. The van der Waals surface area contributed by atoms with Crippen molar-refractivity contribution in [3.05, 3.63) is 297 Å². The minimum absolute atomic E-state index is 0.651. The van der Waals surface area contributed by atoms with Crippen LogP contribution in [0.25, 0.3) is 134 Å². The van der Waals surface area contributed by atoms with Gasteiger partial charge < -0.3 is 0 Å². The first-order valence-corrected chi connectivity index (χ1v) is 25.8. The van der Waals surface area contributed by atoms with Crippen LogP contribution in [0.15, 0.2) is 297 Å². The zero-order chi connectivity index (χ0) is 50.6. The number of fused-ring (bicyclic) bond motifs is 1. The van der Waals surface area contributed by atoms with E-state index in [0.717, 1.165) is 78.1 Å². The van der Waals surface area contributed by atoms with Gasteiger partial charge in [0.05, 0.1) is 17.1 Å². The van der Waals surface area contributed by atoms with Crippen LogP contribution in [-0.4, -0.2) is 15.0 Å². The van der Waals surface area contributed by atoms with E-state index in [0.29, 0.717) is 5.82 Å². The fraction of sp³-hybridized carbons (Fsp3) is 0. The first-order chi connectivity index (χ1) is 37.6. The highest BCUT2D eigenvalue weighted by Gasteiger charge is 2.16. The second kappa shape index (κ2) is 20.4. The molecule has 76 heavy (non-hydrogen) atoms. The molecule has 0 saturated heterocycles. The molecule has 0 atom stereocenters. The molecule has 0 N–H and O–H groups in total. The summed E-state index contributed by atoms with van der Waals surface area (Å²) in [6.45, 7) is 0. The van der Waals surface area contributed by atoms with Gasteiger partial charge >= 0.3 is 0 Å². The van der Waals surface area contributed by atoms with E-state index in [4.69, 9.17) is 15.0 Å². The van der Waals surface area contributed by atoms with Crippen molar-refractivity contribution in [1.29, 1.82) is 0 Å². The third kappa shape index (κ3) is 9.53. The average Bonchev–Trinajstić information content (AvgIpc) is 3.52. The molecule has 3 nitrogen and oxygen atoms in total. The monoisotopic (exact) mass is 967 g/mol. The Morgan fingerprint density at radius 1 is 0.197 bits per heavy atom. The van der Waals surface area contributed by atoms with Crippen LogP contribution in [0.2, 0.25) is 0 Å². The van der Waals surface area contributed by atoms with Crippen molar-refractivity contribution >= 4 is 10.8 Å². The highest BCUT2D eigenvalue weighted by molar-refractivity contribution is 5.95. The summed E-state index contributed by atoms with van der Waals surface area (Å²) in [4.78, 5) is 15.6. The van der Waals surface area contributed by atoms with Gasteiger partial charge in [0, 0.05) is 33.8 Å². The normalized spacial score (nSPS) is 11.2. The van der Waals surface area contributed by atoms with Crippen LogP contribution in [-0.2, 0) is 0 Å². The van der Waals surface area contributed by atoms with Crippen LogP contribution in [0.3, 0.4) is 0 Å². The van der Waals surface area contributed by atoms with Crippen molar-refractivity contribution < 1.29 is 0 Å². The SMILES string of the molecule is c1ccc(-c2cc(-c3ccccc3)cc(-c3cccc(-c4cc(-c5cccc(-c6cc(-c7ccccc7)cc(-c7ccccc7)c6)c5)nc(-c5ccc(-c6cccc(-c7nccc8ccccc78)c6)cc5)n4)c3)c2)cc1. The van der Waals surface area contributed by atoms with Crippen molar-refractivity contribution in [1.82, 2.24) is 15.0 Å². The maximum atomic E-state index is 5.40. The molecule has 0 aliphatic rings. The lowest BCUT2D eigenvalue weighted by Crippen LogP contribution is -1.96. The fourth-order valence-corrected chi connectivity index (χ4v) is 10.4. The van der Waals surface area contributed by atoms with Gasteiger partial charge in [0.1, 0.15) is 0 Å². The highest BCUT2D eigenvalue weighted by Crippen LogP contribution is 2.39. The summed E-state index contributed by atoms with van der Waals surface area (Å²) in [5, 5.41) is 2.31. The molecular weight excluding hydrogens is 919 g/mol. The van der Waals surface area contributed by atoms with Gasteiger partial charge in [-0.3, -0.25) is 4.98 Å². The highest BCUT2D eigenvalue weighted by atomic mass is 14.9. The van der Waals surface area contributed by atoms with Crippen LogP contribution in [0, 0.1) is 0 Å². The van der Waals surface area contributed by atoms with Gasteiger partial charge in [-0.25, -0.2) is 9.97 Å². The Morgan fingerprint density at radius 2 is 0.513 bits per heavy atom. The lowest BCUT2D eigenvalue weighted by atomic mass is 9.92. The van der Waals surface area contributed by atoms with E-state index in [1.54, 1.807) is 0 Å². The van der Waals surface area contributed by atoms with Gasteiger partial charge in [-0.05, 0) is 150 Å². The molecule has 3 heteroatoms. The molecular formula is C73H49N3. The number of hydrogen-bond donors (Lipinski definition) is 0. The largest absolute Gasteiger partial charge is 0.256 e. The Bertz CT molecular complexity index is 3880. The van der Waals surface area contributed by atoms with Crippen LogP contribution in [0.1, 0.15) is 0 Å². The third-order valence-corrected chi connectivity index (χ3v) is 14.3. The van der Waals surface area contributed by atoms with Gasteiger partial charge in [-0.15, -0.1) is 0 Å². The second-order valence-electron chi connectivity index (χ2n) is 19.2. The van der Waals surface area contributed by atoms with Gasteiger partial charge in [0.15, 0.2) is 5.82 Å². The predicted molar refractivity (Wildman–Crippen MR) is 317 cm³/mol. The van der Waals surface area contributed by atoms with Gasteiger partial charge in [0.25, 0.3) is 0 Å². The van der Waals surface area contributed by atoms with E-state index < -0.39 is 0 Å². The second-order valence-corrected chi connectivity index (χ2v) is 19.2. The molecule has 0 saturated carbocycles.